The number of likely N-dealkylation sites (tertiary alicyclic amines) is 1. The number of hydrogen-bond donors (Lipinski definition) is 1. The summed E-state index contributed by atoms with van der Waals surface area (Å²) in [6, 6.07) is 1.57. The van der Waals surface area contributed by atoms with Crippen molar-refractivity contribution in [3.8, 4) is 0 Å². The maximum Gasteiger partial charge on any atom is 0.0122 e. The summed E-state index contributed by atoms with van der Waals surface area (Å²) in [5.41, 5.74) is 0. The first-order valence-corrected chi connectivity index (χ1v) is 6.62. The average Bonchev–Trinajstić information content (AvgIpc) is 2.16. The standard InChI is InChI=1S/C13H26N2/c1-10-6-11(2)9-15(8-10)13-4-5-14-12(3)7-13/h10-14H,4-9H2,1-3H3. The van der Waals surface area contributed by atoms with Crippen molar-refractivity contribution in [2.75, 3.05) is 19.6 Å². The third-order valence-corrected chi connectivity index (χ3v) is 4.01. The van der Waals surface area contributed by atoms with E-state index >= 15 is 0 Å². The molecule has 15 heavy (non-hydrogen) atoms. The highest BCUT2D eigenvalue weighted by molar-refractivity contribution is 4.86. The Morgan fingerprint density at radius 1 is 1.00 bits per heavy atom. The summed E-state index contributed by atoms with van der Waals surface area (Å²) in [6.45, 7) is 11.0. The van der Waals surface area contributed by atoms with Crippen molar-refractivity contribution in [2.45, 2.75) is 52.1 Å². The van der Waals surface area contributed by atoms with Crippen molar-refractivity contribution < 1.29 is 0 Å². The molecule has 4 atom stereocenters. The number of nitrogens with one attached hydrogen (secondary N) is 1. The van der Waals surface area contributed by atoms with Crippen molar-refractivity contribution in [3.05, 3.63) is 0 Å². The van der Waals surface area contributed by atoms with E-state index in [0.29, 0.717) is 0 Å². The zero-order valence-corrected chi connectivity index (χ0v) is 10.5. The third kappa shape index (κ3) is 2.94. The molecule has 2 nitrogen and oxygen atoms in total. The van der Waals surface area contributed by atoms with Crippen LogP contribution < -0.4 is 5.32 Å². The smallest absolute Gasteiger partial charge is 0.0122 e. The van der Waals surface area contributed by atoms with Crippen LogP contribution in [-0.4, -0.2) is 36.6 Å². The minimum atomic E-state index is 0.719. The van der Waals surface area contributed by atoms with E-state index in [9.17, 15) is 0 Å². The second-order valence-corrected chi connectivity index (χ2v) is 5.93. The summed E-state index contributed by atoms with van der Waals surface area (Å²) >= 11 is 0. The molecular weight excluding hydrogens is 184 g/mol. The number of piperidine rings is 2. The number of hydrogen-bond acceptors (Lipinski definition) is 2. The van der Waals surface area contributed by atoms with Crippen LogP contribution in [0.25, 0.3) is 0 Å². The zero-order valence-electron chi connectivity index (χ0n) is 10.5. The summed E-state index contributed by atoms with van der Waals surface area (Å²) in [5, 5.41) is 3.55. The van der Waals surface area contributed by atoms with Crippen LogP contribution in [0.15, 0.2) is 0 Å². The molecule has 2 heterocycles. The van der Waals surface area contributed by atoms with Crippen LogP contribution in [0.5, 0.6) is 0 Å². The topological polar surface area (TPSA) is 15.3 Å². The lowest BCUT2D eigenvalue weighted by Crippen LogP contribution is -2.51. The van der Waals surface area contributed by atoms with E-state index in [2.05, 4.69) is 31.0 Å². The predicted octanol–water partition coefficient (Wildman–Crippen LogP) is 2.10. The van der Waals surface area contributed by atoms with E-state index in [4.69, 9.17) is 0 Å². The maximum absolute atomic E-state index is 3.55. The largest absolute Gasteiger partial charge is 0.314 e. The molecule has 0 bridgehead atoms. The molecule has 2 aliphatic rings. The molecule has 0 saturated carbocycles. The first-order valence-electron chi connectivity index (χ1n) is 6.62. The summed E-state index contributed by atoms with van der Waals surface area (Å²) in [6.07, 6.45) is 4.13. The fourth-order valence-corrected chi connectivity index (χ4v) is 3.45. The fourth-order valence-electron chi connectivity index (χ4n) is 3.45. The molecule has 1 N–H and O–H groups in total. The van der Waals surface area contributed by atoms with Gasteiger partial charge in [-0.3, -0.25) is 4.90 Å². The predicted molar refractivity (Wildman–Crippen MR) is 65.0 cm³/mol. The maximum atomic E-state index is 3.55. The summed E-state index contributed by atoms with van der Waals surface area (Å²) in [4.78, 5) is 2.76. The molecule has 0 aliphatic carbocycles. The normalized spacial score (nSPS) is 44.2. The molecule has 0 amide bonds. The second-order valence-electron chi connectivity index (χ2n) is 5.93. The van der Waals surface area contributed by atoms with Crippen molar-refractivity contribution in [1.29, 1.82) is 0 Å². The van der Waals surface area contributed by atoms with Crippen molar-refractivity contribution >= 4 is 0 Å². The van der Waals surface area contributed by atoms with Gasteiger partial charge in [-0.05, 0) is 44.6 Å². The zero-order chi connectivity index (χ0) is 10.8. The van der Waals surface area contributed by atoms with Crippen LogP contribution >= 0.6 is 0 Å². The Kier molecular flexibility index (Phi) is 3.68. The van der Waals surface area contributed by atoms with Crippen LogP contribution in [0.1, 0.15) is 40.0 Å². The number of nitrogens with zero attached hydrogens (tertiary/aromatic N) is 1. The second kappa shape index (κ2) is 4.84. The lowest BCUT2D eigenvalue weighted by atomic mass is 9.88. The molecular formula is C13H26N2. The van der Waals surface area contributed by atoms with Crippen LogP contribution in [-0.2, 0) is 0 Å². The fraction of sp³-hybridized carbons (Fsp3) is 1.00. The molecule has 88 valence electrons. The van der Waals surface area contributed by atoms with Crippen molar-refractivity contribution in [3.63, 3.8) is 0 Å². The van der Waals surface area contributed by atoms with Gasteiger partial charge in [0.25, 0.3) is 0 Å². The third-order valence-electron chi connectivity index (χ3n) is 4.01. The highest BCUT2D eigenvalue weighted by Crippen LogP contribution is 2.26. The van der Waals surface area contributed by atoms with E-state index < -0.39 is 0 Å². The van der Waals surface area contributed by atoms with Crippen LogP contribution in [0, 0.1) is 11.8 Å². The highest BCUT2D eigenvalue weighted by atomic mass is 15.2. The molecule has 2 heteroatoms. The van der Waals surface area contributed by atoms with E-state index in [0.717, 1.165) is 23.9 Å². The first kappa shape index (κ1) is 11.4. The van der Waals surface area contributed by atoms with Crippen molar-refractivity contribution in [2.24, 2.45) is 11.8 Å². The summed E-state index contributed by atoms with van der Waals surface area (Å²) in [7, 11) is 0. The number of rotatable bonds is 1. The molecule has 2 aliphatic heterocycles. The van der Waals surface area contributed by atoms with Gasteiger partial charge >= 0.3 is 0 Å². The van der Waals surface area contributed by atoms with Gasteiger partial charge in [0.15, 0.2) is 0 Å². The molecule has 2 saturated heterocycles. The Bertz CT molecular complexity index is 195. The molecule has 2 rings (SSSR count). The van der Waals surface area contributed by atoms with Crippen LogP contribution in [0.2, 0.25) is 0 Å². The lowest BCUT2D eigenvalue weighted by molar-refractivity contribution is 0.0718. The SMILES string of the molecule is CC1CC(C)CN(C2CCNC(C)C2)C1. The molecule has 2 fully saturated rings. The van der Waals surface area contributed by atoms with Gasteiger partial charge in [0.1, 0.15) is 0 Å². The molecule has 0 aromatic heterocycles. The quantitative estimate of drug-likeness (QED) is 0.713. The van der Waals surface area contributed by atoms with Gasteiger partial charge in [-0.1, -0.05) is 13.8 Å². The molecule has 0 spiro atoms. The molecule has 0 radical (unpaired) electrons. The molecule has 0 aromatic carbocycles. The Hall–Kier alpha value is -0.0800. The Morgan fingerprint density at radius 3 is 2.27 bits per heavy atom. The van der Waals surface area contributed by atoms with Gasteiger partial charge in [0.2, 0.25) is 0 Å². The monoisotopic (exact) mass is 210 g/mol. The van der Waals surface area contributed by atoms with E-state index in [1.165, 1.54) is 38.9 Å². The van der Waals surface area contributed by atoms with Gasteiger partial charge in [0.05, 0.1) is 0 Å². The Labute approximate surface area is 94.4 Å². The molecule has 4 unspecified atom stereocenters. The van der Waals surface area contributed by atoms with Gasteiger partial charge < -0.3 is 5.32 Å². The Balaban J connectivity index is 1.91. The first-order chi connectivity index (χ1) is 7.15. The minimum Gasteiger partial charge on any atom is -0.314 e. The average molecular weight is 210 g/mol. The van der Waals surface area contributed by atoms with Gasteiger partial charge in [-0.25, -0.2) is 0 Å². The van der Waals surface area contributed by atoms with E-state index in [-0.39, 0.29) is 0 Å². The highest BCUT2D eigenvalue weighted by Gasteiger charge is 2.29. The minimum absolute atomic E-state index is 0.719. The van der Waals surface area contributed by atoms with Gasteiger partial charge in [-0.15, -0.1) is 0 Å². The van der Waals surface area contributed by atoms with Crippen LogP contribution in [0.3, 0.4) is 0 Å². The summed E-state index contributed by atoms with van der Waals surface area (Å²) in [5.74, 6) is 1.80. The Morgan fingerprint density at radius 2 is 1.67 bits per heavy atom. The van der Waals surface area contributed by atoms with Gasteiger partial charge in [-0.2, -0.15) is 0 Å². The van der Waals surface area contributed by atoms with E-state index in [1.807, 2.05) is 0 Å². The van der Waals surface area contributed by atoms with Crippen molar-refractivity contribution in [1.82, 2.24) is 10.2 Å². The lowest BCUT2D eigenvalue weighted by Gasteiger charge is -2.43. The van der Waals surface area contributed by atoms with Crippen LogP contribution in [0.4, 0.5) is 0 Å². The molecule has 0 aromatic rings. The van der Waals surface area contributed by atoms with Gasteiger partial charge in [0, 0.05) is 25.2 Å². The summed E-state index contributed by atoms with van der Waals surface area (Å²) < 4.78 is 0. The van der Waals surface area contributed by atoms with E-state index in [1.54, 1.807) is 0 Å².